The van der Waals surface area contributed by atoms with Crippen molar-refractivity contribution in [1.82, 2.24) is 0 Å². The molecule has 0 spiro atoms. The van der Waals surface area contributed by atoms with E-state index in [4.69, 9.17) is 23.7 Å². The molecule has 12 heteroatoms. The minimum absolute atomic E-state index is 0.0242. The Balaban J connectivity index is 2.70. The van der Waals surface area contributed by atoms with Gasteiger partial charge in [-0.3, -0.25) is 14.4 Å². The molecule has 6 unspecified atom stereocenters. The molecule has 1 rings (SSSR count). The van der Waals surface area contributed by atoms with Gasteiger partial charge in [0.1, 0.15) is 18.8 Å². The van der Waals surface area contributed by atoms with E-state index in [1.807, 2.05) is 0 Å². The lowest BCUT2D eigenvalue weighted by Gasteiger charge is -2.40. The lowest BCUT2D eigenvalue weighted by molar-refractivity contribution is -0.301. The van der Waals surface area contributed by atoms with Crippen molar-refractivity contribution in [1.29, 1.82) is 0 Å². The minimum atomic E-state index is -1.92. The fourth-order valence-corrected chi connectivity index (χ4v) is 9.09. The highest BCUT2D eigenvalue weighted by molar-refractivity contribution is 5.74. The van der Waals surface area contributed by atoms with Gasteiger partial charge in [-0.1, -0.05) is 226 Å². The van der Waals surface area contributed by atoms with E-state index in [-0.39, 0.29) is 25.9 Å². The van der Waals surface area contributed by atoms with Gasteiger partial charge in [0.05, 0.1) is 6.61 Å². The monoisotopic (exact) mass is 1160 g/mol. The van der Waals surface area contributed by atoms with E-state index >= 15 is 0 Å². The van der Waals surface area contributed by atoms with E-state index in [1.165, 1.54) is 19.3 Å². The Labute approximate surface area is 503 Å². The highest BCUT2D eigenvalue weighted by atomic mass is 16.7. The summed E-state index contributed by atoms with van der Waals surface area (Å²) in [6.45, 7) is 5.73. The zero-order valence-corrected chi connectivity index (χ0v) is 51.9. The maximum atomic E-state index is 13.2. The molecule has 0 amide bonds. The molecule has 12 nitrogen and oxygen atoms in total. The predicted octanol–water partition coefficient (Wildman–Crippen LogP) is 17.6. The summed E-state index contributed by atoms with van der Waals surface area (Å²) in [5, 5.41) is 31.6. The van der Waals surface area contributed by atoms with Crippen LogP contribution in [0, 0.1) is 0 Å². The summed E-state index contributed by atoms with van der Waals surface area (Å²) in [5.74, 6) is -3.19. The topological polar surface area (TPSA) is 175 Å². The van der Waals surface area contributed by atoms with Crippen molar-refractivity contribution in [2.75, 3.05) is 13.2 Å². The van der Waals surface area contributed by atoms with Crippen molar-refractivity contribution in [3.63, 3.8) is 0 Å². The first kappa shape index (κ1) is 76.1. The fourth-order valence-electron chi connectivity index (χ4n) is 9.09. The third-order valence-electron chi connectivity index (χ3n) is 14.0. The average molecular weight is 1160 g/mol. The van der Waals surface area contributed by atoms with Gasteiger partial charge in [-0.25, -0.2) is 4.79 Å². The molecule has 0 aromatic rings. The smallest absolute Gasteiger partial charge is 0.335 e. The highest BCUT2D eigenvalue weighted by Gasteiger charge is 2.50. The third-order valence-corrected chi connectivity index (χ3v) is 14.0. The second kappa shape index (κ2) is 57.5. The van der Waals surface area contributed by atoms with Crippen LogP contribution in [0.5, 0.6) is 0 Å². The number of hydrogen-bond donors (Lipinski definition) is 3. The number of allylic oxidation sites excluding steroid dienone is 20. The number of carboxylic acid groups (broad SMARTS) is 1. The van der Waals surface area contributed by atoms with Gasteiger partial charge in [-0.2, -0.15) is 0 Å². The average Bonchev–Trinajstić information content (AvgIpc) is 3.59. The first-order valence-corrected chi connectivity index (χ1v) is 32.5. The number of aliphatic hydroxyl groups excluding tert-OH is 2. The number of carbonyl (C=O) groups excluding carboxylic acids is 3. The van der Waals surface area contributed by atoms with Crippen LogP contribution in [0.3, 0.4) is 0 Å². The van der Waals surface area contributed by atoms with Gasteiger partial charge >= 0.3 is 23.9 Å². The normalized spacial score (nSPS) is 18.4. The van der Waals surface area contributed by atoms with Crippen LogP contribution < -0.4 is 0 Å². The standard InChI is InChI=1S/C71H114O12/c1-4-7-10-13-16-19-22-25-28-31-32-35-36-39-42-45-48-51-54-57-63(72)79-60-62(81-64(73)58-55-52-49-46-43-40-37-33-29-26-23-20-17-14-11-8-5-2)61-80-71-69(67(76)66(75)68(83-71)70(77)78)82-65(74)59-56-53-50-47-44-41-38-34-30-27-24-21-18-15-12-9-6-3/h7,9-10,12,16-21,25-30,32,35,38,41,62,66-69,71,75-76H,4-6,8,11,13-15,22-24,31,33-34,36-37,39-40,42-61H2,1-3H3,(H,77,78)/b10-7-,12-9-,19-16-,20-17-,21-18-,28-25-,29-26-,30-27-,35-32-,41-38-. The lowest BCUT2D eigenvalue weighted by Crippen LogP contribution is -2.61. The Hall–Kier alpha value is -4.88. The Kier molecular flexibility index (Phi) is 52.8. The third kappa shape index (κ3) is 47.1. The molecule has 0 bridgehead atoms. The second-order valence-corrected chi connectivity index (χ2v) is 21.6. The summed E-state index contributed by atoms with van der Waals surface area (Å²) in [5.41, 5.74) is 0. The van der Waals surface area contributed by atoms with Crippen LogP contribution in [0.1, 0.15) is 252 Å². The fraction of sp³-hybridized carbons (Fsp3) is 0.662. The summed E-state index contributed by atoms with van der Waals surface area (Å²) in [6.07, 6.45) is 67.2. The minimum Gasteiger partial charge on any atom is -0.479 e. The second-order valence-electron chi connectivity index (χ2n) is 21.6. The van der Waals surface area contributed by atoms with E-state index in [1.54, 1.807) is 0 Å². The number of unbranched alkanes of at least 4 members (excludes halogenated alkanes) is 20. The van der Waals surface area contributed by atoms with Crippen LogP contribution in [0.25, 0.3) is 0 Å². The van der Waals surface area contributed by atoms with Crippen LogP contribution in [0.15, 0.2) is 122 Å². The zero-order chi connectivity index (χ0) is 60.3. The van der Waals surface area contributed by atoms with Gasteiger partial charge < -0.3 is 39.0 Å². The molecule has 1 aliphatic rings. The van der Waals surface area contributed by atoms with Crippen LogP contribution in [0.2, 0.25) is 0 Å². The molecular weight excluding hydrogens is 1040 g/mol. The van der Waals surface area contributed by atoms with E-state index in [9.17, 15) is 34.5 Å². The van der Waals surface area contributed by atoms with Gasteiger partial charge in [0.15, 0.2) is 24.6 Å². The van der Waals surface area contributed by atoms with Crippen LogP contribution >= 0.6 is 0 Å². The number of aliphatic carboxylic acids is 1. The molecule has 0 aliphatic carbocycles. The van der Waals surface area contributed by atoms with Crippen LogP contribution in [0.4, 0.5) is 0 Å². The Morgan fingerprint density at radius 1 is 0.410 bits per heavy atom. The zero-order valence-electron chi connectivity index (χ0n) is 51.9. The van der Waals surface area contributed by atoms with Gasteiger partial charge in [0.25, 0.3) is 0 Å². The van der Waals surface area contributed by atoms with Crippen molar-refractivity contribution in [3.05, 3.63) is 122 Å². The molecule has 1 saturated heterocycles. The quantitative estimate of drug-likeness (QED) is 0.0228. The van der Waals surface area contributed by atoms with E-state index in [2.05, 4.69) is 142 Å². The Morgan fingerprint density at radius 3 is 1.16 bits per heavy atom. The molecule has 1 heterocycles. The largest absolute Gasteiger partial charge is 0.479 e. The van der Waals surface area contributed by atoms with Crippen LogP contribution in [-0.2, 0) is 42.9 Å². The van der Waals surface area contributed by atoms with Gasteiger partial charge in [0, 0.05) is 19.3 Å². The van der Waals surface area contributed by atoms with Crippen LogP contribution in [-0.4, -0.2) is 89.2 Å². The molecule has 0 radical (unpaired) electrons. The molecular formula is C71H114O12. The van der Waals surface area contributed by atoms with E-state index < -0.39 is 67.3 Å². The van der Waals surface area contributed by atoms with Gasteiger partial charge in [-0.05, 0) is 128 Å². The van der Waals surface area contributed by atoms with Crippen molar-refractivity contribution in [3.8, 4) is 0 Å². The molecule has 0 aromatic carbocycles. The first-order chi connectivity index (χ1) is 40.6. The maximum absolute atomic E-state index is 13.2. The molecule has 83 heavy (non-hydrogen) atoms. The molecule has 3 N–H and O–H groups in total. The Morgan fingerprint density at radius 2 is 0.759 bits per heavy atom. The first-order valence-electron chi connectivity index (χ1n) is 32.5. The Bertz CT molecular complexity index is 1900. The molecule has 6 atom stereocenters. The molecule has 470 valence electrons. The number of aliphatic hydroxyl groups is 2. The molecule has 1 aliphatic heterocycles. The number of hydrogen-bond acceptors (Lipinski definition) is 11. The number of ether oxygens (including phenoxy) is 5. The molecule has 0 saturated carbocycles. The van der Waals surface area contributed by atoms with E-state index in [0.29, 0.717) is 19.3 Å². The summed E-state index contributed by atoms with van der Waals surface area (Å²) >= 11 is 0. The predicted molar refractivity (Wildman–Crippen MR) is 340 cm³/mol. The highest BCUT2D eigenvalue weighted by Crippen LogP contribution is 2.26. The van der Waals surface area contributed by atoms with Crippen molar-refractivity contribution < 1.29 is 58.2 Å². The van der Waals surface area contributed by atoms with Crippen molar-refractivity contribution in [2.45, 2.75) is 289 Å². The van der Waals surface area contributed by atoms with Crippen molar-refractivity contribution in [2.24, 2.45) is 0 Å². The van der Waals surface area contributed by atoms with Crippen molar-refractivity contribution >= 4 is 23.9 Å². The summed E-state index contributed by atoms with van der Waals surface area (Å²) in [7, 11) is 0. The summed E-state index contributed by atoms with van der Waals surface area (Å²) < 4.78 is 28.5. The number of carbonyl (C=O) groups is 4. The summed E-state index contributed by atoms with van der Waals surface area (Å²) in [6, 6.07) is 0. The number of carboxylic acids is 1. The molecule has 0 aromatic heterocycles. The summed E-state index contributed by atoms with van der Waals surface area (Å²) in [4.78, 5) is 51.4. The number of esters is 3. The maximum Gasteiger partial charge on any atom is 0.335 e. The number of rotatable bonds is 54. The SMILES string of the molecule is CC/C=C\C/C=C\C/C=C\C/C=C\CCCCCCCCC(=O)OCC(COC1OC(C(=O)O)C(O)C(O)C1OC(=O)CCCCCC/C=C\C/C=C\C/C=C\C/C=C\CC)OC(=O)CCCCCCCCC/C=C\C/C=C\CCCCC. The molecule has 1 fully saturated rings. The van der Waals surface area contributed by atoms with E-state index in [0.717, 1.165) is 173 Å². The van der Waals surface area contributed by atoms with Gasteiger partial charge in [-0.15, -0.1) is 0 Å². The lowest BCUT2D eigenvalue weighted by atomic mass is 9.98. The van der Waals surface area contributed by atoms with Gasteiger partial charge in [0.2, 0.25) is 0 Å².